The van der Waals surface area contributed by atoms with Crippen molar-refractivity contribution in [1.29, 1.82) is 0 Å². The van der Waals surface area contributed by atoms with E-state index in [1.165, 1.54) is 11.0 Å². The molecule has 28 heavy (non-hydrogen) atoms. The molecule has 1 aliphatic heterocycles. The zero-order valence-electron chi connectivity index (χ0n) is 17.6. The maximum Gasteiger partial charge on any atom is 0.407 e. The summed E-state index contributed by atoms with van der Waals surface area (Å²) in [5, 5.41) is 9.61. The second-order valence-electron chi connectivity index (χ2n) is 8.16. The lowest BCUT2D eigenvalue weighted by Crippen LogP contribution is -2.61. The summed E-state index contributed by atoms with van der Waals surface area (Å²) in [5.74, 6) is -0.417. The van der Waals surface area contributed by atoms with E-state index in [9.17, 15) is 19.5 Å². The fourth-order valence-corrected chi connectivity index (χ4v) is 3.03. The number of carbonyl (C=O) groups excluding carboxylic acids is 2. The summed E-state index contributed by atoms with van der Waals surface area (Å²) in [6.45, 7) is 14.7. The molecule has 1 fully saturated rings. The van der Waals surface area contributed by atoms with Crippen LogP contribution in [-0.4, -0.2) is 88.6 Å². The van der Waals surface area contributed by atoms with Gasteiger partial charge in [-0.2, -0.15) is 0 Å². The third kappa shape index (κ3) is 6.79. The number of hydroxylamine groups is 1. The number of hydrogen-bond acceptors (Lipinski definition) is 5. The van der Waals surface area contributed by atoms with Gasteiger partial charge in [-0.3, -0.25) is 19.3 Å². The highest BCUT2D eigenvalue weighted by molar-refractivity contribution is 5.82. The molecule has 9 heteroatoms. The number of piperazine rings is 1. The molecule has 0 bridgehead atoms. The summed E-state index contributed by atoms with van der Waals surface area (Å²) in [6, 6.07) is -0.726. The second kappa shape index (κ2) is 10.4. The maximum absolute atomic E-state index is 12.7. The molecule has 0 aromatic rings. The number of carboxylic acid groups (broad SMARTS) is 1. The molecular formula is C19H34N4O5. The summed E-state index contributed by atoms with van der Waals surface area (Å²) in [7, 11) is 0. The predicted molar refractivity (Wildman–Crippen MR) is 106 cm³/mol. The number of nitrogens with one attached hydrogen (secondary N) is 1. The van der Waals surface area contributed by atoms with Crippen molar-refractivity contribution in [2.45, 2.75) is 46.2 Å². The summed E-state index contributed by atoms with van der Waals surface area (Å²) < 4.78 is 0. The second-order valence-corrected chi connectivity index (χ2v) is 8.16. The molecule has 0 saturated carbocycles. The van der Waals surface area contributed by atoms with Gasteiger partial charge < -0.3 is 14.9 Å². The van der Waals surface area contributed by atoms with Crippen molar-refractivity contribution in [3.8, 4) is 0 Å². The standard InChI is InChI=1S/C19H34N4O5/c1-7-12-28-20-16(24)15(13-23(18(26)27)19(4,5)6)21-8-10-22(11-9-21)17(25)14(2)3/h7,14-15H,1,8-13H2,2-6H3,(H,20,24)(H,26,27). The zero-order valence-corrected chi connectivity index (χ0v) is 17.6. The highest BCUT2D eigenvalue weighted by atomic mass is 16.6. The van der Waals surface area contributed by atoms with Crippen molar-refractivity contribution < 1.29 is 24.3 Å². The Hall–Kier alpha value is -2.13. The molecule has 3 amide bonds. The van der Waals surface area contributed by atoms with E-state index in [4.69, 9.17) is 4.84 Å². The fourth-order valence-electron chi connectivity index (χ4n) is 3.03. The smallest absolute Gasteiger partial charge is 0.407 e. The number of hydrogen-bond donors (Lipinski definition) is 2. The van der Waals surface area contributed by atoms with Gasteiger partial charge in [0, 0.05) is 44.2 Å². The molecular weight excluding hydrogens is 364 g/mol. The Kier molecular flexibility index (Phi) is 8.90. The SMILES string of the molecule is C=CCONC(=O)C(CN(C(=O)O)C(C)(C)C)N1CCN(C(=O)C(C)C)CC1. The van der Waals surface area contributed by atoms with Crippen LogP contribution in [0.3, 0.4) is 0 Å². The van der Waals surface area contributed by atoms with Crippen LogP contribution in [0.25, 0.3) is 0 Å². The van der Waals surface area contributed by atoms with Crippen molar-refractivity contribution >= 4 is 17.9 Å². The van der Waals surface area contributed by atoms with Gasteiger partial charge in [0.05, 0.1) is 6.61 Å². The molecule has 0 spiro atoms. The third-order valence-corrected chi connectivity index (χ3v) is 4.63. The lowest BCUT2D eigenvalue weighted by molar-refractivity contribution is -0.142. The summed E-state index contributed by atoms with van der Waals surface area (Å²) in [4.78, 5) is 46.6. The van der Waals surface area contributed by atoms with Crippen molar-refractivity contribution in [2.24, 2.45) is 5.92 Å². The van der Waals surface area contributed by atoms with Gasteiger partial charge in [-0.25, -0.2) is 10.3 Å². The van der Waals surface area contributed by atoms with Crippen molar-refractivity contribution in [1.82, 2.24) is 20.2 Å². The van der Waals surface area contributed by atoms with Crippen molar-refractivity contribution in [3.05, 3.63) is 12.7 Å². The van der Waals surface area contributed by atoms with Crippen LogP contribution in [0.15, 0.2) is 12.7 Å². The van der Waals surface area contributed by atoms with Gasteiger partial charge in [0.1, 0.15) is 6.04 Å². The molecule has 0 aromatic heterocycles. The highest BCUT2D eigenvalue weighted by Gasteiger charge is 2.36. The molecule has 1 aliphatic rings. The normalized spacial score (nSPS) is 16.6. The van der Waals surface area contributed by atoms with Crippen LogP contribution >= 0.6 is 0 Å². The fraction of sp³-hybridized carbons (Fsp3) is 0.737. The minimum atomic E-state index is -1.09. The first-order chi connectivity index (χ1) is 13.0. The van der Waals surface area contributed by atoms with E-state index >= 15 is 0 Å². The van der Waals surface area contributed by atoms with Gasteiger partial charge in [-0.05, 0) is 20.8 Å². The van der Waals surface area contributed by atoms with Gasteiger partial charge in [0.2, 0.25) is 5.91 Å². The molecule has 1 saturated heterocycles. The van der Waals surface area contributed by atoms with Crippen LogP contribution in [0.5, 0.6) is 0 Å². The van der Waals surface area contributed by atoms with Gasteiger partial charge >= 0.3 is 6.09 Å². The first-order valence-electron chi connectivity index (χ1n) is 9.55. The monoisotopic (exact) mass is 398 g/mol. The minimum Gasteiger partial charge on any atom is -0.465 e. The van der Waals surface area contributed by atoms with Crippen LogP contribution in [0.1, 0.15) is 34.6 Å². The third-order valence-electron chi connectivity index (χ3n) is 4.63. The van der Waals surface area contributed by atoms with Gasteiger partial charge in [-0.15, -0.1) is 6.58 Å². The number of rotatable bonds is 8. The molecule has 1 atom stereocenters. The van der Waals surface area contributed by atoms with Gasteiger partial charge in [-0.1, -0.05) is 19.9 Å². The van der Waals surface area contributed by atoms with Crippen LogP contribution in [-0.2, 0) is 14.4 Å². The van der Waals surface area contributed by atoms with E-state index < -0.39 is 23.6 Å². The molecule has 1 rings (SSSR count). The average molecular weight is 399 g/mol. The van der Waals surface area contributed by atoms with Crippen LogP contribution < -0.4 is 5.48 Å². The van der Waals surface area contributed by atoms with E-state index in [0.717, 1.165) is 0 Å². The first kappa shape index (κ1) is 23.9. The summed E-state index contributed by atoms with van der Waals surface area (Å²) >= 11 is 0. The molecule has 0 aromatic carbocycles. The van der Waals surface area contributed by atoms with E-state index in [1.54, 1.807) is 25.7 Å². The topological polar surface area (TPSA) is 102 Å². The lowest BCUT2D eigenvalue weighted by atomic mass is 10.0. The Labute approximate surface area is 167 Å². The van der Waals surface area contributed by atoms with E-state index in [0.29, 0.717) is 26.2 Å². The predicted octanol–water partition coefficient (Wildman–Crippen LogP) is 1.17. The Morgan fingerprint density at radius 3 is 2.21 bits per heavy atom. The molecule has 2 N–H and O–H groups in total. The number of carbonyl (C=O) groups is 3. The molecule has 9 nitrogen and oxygen atoms in total. The van der Waals surface area contributed by atoms with Gasteiger partial charge in [0.15, 0.2) is 0 Å². The average Bonchev–Trinajstić information content (AvgIpc) is 2.60. The molecule has 0 radical (unpaired) electrons. The Morgan fingerprint density at radius 2 is 1.79 bits per heavy atom. The highest BCUT2D eigenvalue weighted by Crippen LogP contribution is 2.17. The molecule has 160 valence electrons. The molecule has 0 aliphatic carbocycles. The minimum absolute atomic E-state index is 0.000241. The van der Waals surface area contributed by atoms with Crippen molar-refractivity contribution in [3.63, 3.8) is 0 Å². The van der Waals surface area contributed by atoms with E-state index in [1.807, 2.05) is 18.7 Å². The summed E-state index contributed by atoms with van der Waals surface area (Å²) in [6.07, 6.45) is 0.413. The number of nitrogens with zero attached hydrogens (tertiary/aromatic N) is 3. The number of amides is 3. The molecule has 1 unspecified atom stereocenters. The van der Waals surface area contributed by atoms with E-state index in [-0.39, 0.29) is 25.0 Å². The zero-order chi connectivity index (χ0) is 21.5. The van der Waals surface area contributed by atoms with Crippen LogP contribution in [0.4, 0.5) is 4.79 Å². The van der Waals surface area contributed by atoms with Crippen molar-refractivity contribution in [2.75, 3.05) is 39.3 Å². The van der Waals surface area contributed by atoms with Gasteiger partial charge in [0.25, 0.3) is 5.91 Å². The van der Waals surface area contributed by atoms with Crippen LogP contribution in [0, 0.1) is 5.92 Å². The molecule has 1 heterocycles. The Balaban J connectivity index is 2.92. The van der Waals surface area contributed by atoms with Crippen LogP contribution in [0.2, 0.25) is 0 Å². The lowest BCUT2D eigenvalue weighted by Gasteiger charge is -2.42. The maximum atomic E-state index is 12.7. The largest absolute Gasteiger partial charge is 0.465 e. The Morgan fingerprint density at radius 1 is 1.21 bits per heavy atom. The van der Waals surface area contributed by atoms with E-state index in [2.05, 4.69) is 12.1 Å². The Bertz CT molecular complexity index is 565. The summed E-state index contributed by atoms with van der Waals surface area (Å²) in [5.41, 5.74) is 1.71. The quantitative estimate of drug-likeness (QED) is 0.361. The first-order valence-corrected chi connectivity index (χ1v) is 9.55.